The Balaban J connectivity index is 1.83. The maximum absolute atomic E-state index is 5.30. The number of aryl methyl sites for hydroxylation is 2. The number of rotatable bonds is 4. The standard InChI is InChI=1S/C16H16N4O/c1-11-5-7-13(8-6-11)16-18-15(12(2)19-20-16)17-10-14-4-3-9-21-14/h3-9H,10H2,1-2H3,(H,17,18,20). The van der Waals surface area contributed by atoms with Crippen LogP contribution in [0.4, 0.5) is 5.82 Å². The van der Waals surface area contributed by atoms with E-state index < -0.39 is 0 Å². The lowest BCUT2D eigenvalue weighted by Crippen LogP contribution is -2.06. The molecular weight excluding hydrogens is 264 g/mol. The van der Waals surface area contributed by atoms with Crippen molar-refractivity contribution in [1.82, 2.24) is 15.2 Å². The molecule has 0 aliphatic carbocycles. The largest absolute Gasteiger partial charge is 0.467 e. The van der Waals surface area contributed by atoms with E-state index in [1.54, 1.807) is 6.26 Å². The molecule has 5 heteroatoms. The molecule has 1 aromatic carbocycles. The first-order chi connectivity index (χ1) is 10.2. The smallest absolute Gasteiger partial charge is 0.183 e. The van der Waals surface area contributed by atoms with E-state index in [2.05, 4.69) is 20.5 Å². The minimum Gasteiger partial charge on any atom is -0.467 e. The Morgan fingerprint density at radius 2 is 1.86 bits per heavy atom. The number of aromatic nitrogens is 3. The number of hydrogen-bond donors (Lipinski definition) is 1. The number of nitrogens with zero attached hydrogens (tertiary/aromatic N) is 3. The second-order valence-electron chi connectivity index (χ2n) is 4.87. The lowest BCUT2D eigenvalue weighted by Gasteiger charge is -2.08. The molecule has 0 saturated carbocycles. The van der Waals surface area contributed by atoms with Crippen LogP contribution in [0, 0.1) is 13.8 Å². The minimum absolute atomic E-state index is 0.569. The Hall–Kier alpha value is -2.69. The van der Waals surface area contributed by atoms with Gasteiger partial charge in [-0.3, -0.25) is 0 Å². The van der Waals surface area contributed by atoms with Gasteiger partial charge in [0.25, 0.3) is 0 Å². The van der Waals surface area contributed by atoms with Gasteiger partial charge < -0.3 is 9.73 Å². The van der Waals surface area contributed by atoms with Gasteiger partial charge in [-0.05, 0) is 26.0 Å². The monoisotopic (exact) mass is 280 g/mol. The second kappa shape index (κ2) is 5.75. The average molecular weight is 280 g/mol. The SMILES string of the molecule is Cc1ccc(-c2nnc(C)c(NCc3ccco3)n2)cc1. The molecular formula is C16H16N4O. The first kappa shape index (κ1) is 13.3. The fraction of sp³-hybridized carbons (Fsp3) is 0.188. The van der Waals surface area contributed by atoms with Crippen LogP contribution in [0.25, 0.3) is 11.4 Å². The highest BCUT2D eigenvalue weighted by atomic mass is 16.3. The van der Waals surface area contributed by atoms with Crippen LogP contribution in [0.3, 0.4) is 0 Å². The number of hydrogen-bond acceptors (Lipinski definition) is 5. The lowest BCUT2D eigenvalue weighted by atomic mass is 10.1. The summed E-state index contributed by atoms with van der Waals surface area (Å²) in [5, 5.41) is 11.6. The highest BCUT2D eigenvalue weighted by molar-refractivity contribution is 5.57. The Bertz CT molecular complexity index is 721. The highest BCUT2D eigenvalue weighted by Crippen LogP contribution is 2.18. The Morgan fingerprint density at radius 1 is 1.05 bits per heavy atom. The van der Waals surface area contributed by atoms with Crippen LogP contribution < -0.4 is 5.32 Å². The van der Waals surface area contributed by atoms with Gasteiger partial charge in [0, 0.05) is 5.56 Å². The molecule has 0 aliphatic rings. The molecule has 0 amide bonds. The van der Waals surface area contributed by atoms with Crippen molar-refractivity contribution < 1.29 is 4.42 Å². The molecule has 106 valence electrons. The molecule has 0 fully saturated rings. The summed E-state index contributed by atoms with van der Waals surface area (Å²) in [5.41, 5.74) is 2.92. The van der Waals surface area contributed by atoms with Gasteiger partial charge in [-0.25, -0.2) is 4.98 Å². The van der Waals surface area contributed by atoms with Gasteiger partial charge in [-0.2, -0.15) is 0 Å². The molecule has 0 saturated heterocycles. The predicted octanol–water partition coefficient (Wildman–Crippen LogP) is 3.36. The number of furan rings is 1. The van der Waals surface area contributed by atoms with Crippen LogP contribution in [-0.4, -0.2) is 15.2 Å². The molecule has 0 radical (unpaired) electrons. The Kier molecular flexibility index (Phi) is 3.64. The fourth-order valence-corrected chi connectivity index (χ4v) is 1.96. The van der Waals surface area contributed by atoms with E-state index >= 15 is 0 Å². The Morgan fingerprint density at radius 3 is 2.57 bits per heavy atom. The van der Waals surface area contributed by atoms with Crippen molar-refractivity contribution in [2.75, 3.05) is 5.32 Å². The molecule has 0 spiro atoms. The van der Waals surface area contributed by atoms with Crippen LogP contribution in [-0.2, 0) is 6.54 Å². The van der Waals surface area contributed by atoms with Crippen molar-refractivity contribution >= 4 is 5.82 Å². The van der Waals surface area contributed by atoms with E-state index in [0.29, 0.717) is 12.4 Å². The molecule has 3 aromatic rings. The summed E-state index contributed by atoms with van der Waals surface area (Å²) >= 11 is 0. The van der Waals surface area contributed by atoms with Crippen molar-refractivity contribution in [3.05, 3.63) is 59.7 Å². The summed E-state index contributed by atoms with van der Waals surface area (Å²) in [6, 6.07) is 11.8. The topological polar surface area (TPSA) is 63.8 Å². The van der Waals surface area contributed by atoms with E-state index in [0.717, 1.165) is 22.8 Å². The second-order valence-corrected chi connectivity index (χ2v) is 4.87. The normalized spacial score (nSPS) is 10.6. The van der Waals surface area contributed by atoms with Crippen molar-refractivity contribution in [2.24, 2.45) is 0 Å². The first-order valence-corrected chi connectivity index (χ1v) is 6.77. The van der Waals surface area contributed by atoms with Gasteiger partial charge in [0.1, 0.15) is 11.5 Å². The molecule has 1 N–H and O–H groups in total. The molecule has 5 nitrogen and oxygen atoms in total. The summed E-state index contributed by atoms with van der Waals surface area (Å²) < 4.78 is 5.30. The number of anilines is 1. The summed E-state index contributed by atoms with van der Waals surface area (Å²) in [6.07, 6.45) is 1.65. The summed E-state index contributed by atoms with van der Waals surface area (Å²) in [5.74, 6) is 2.18. The molecule has 3 rings (SSSR count). The summed E-state index contributed by atoms with van der Waals surface area (Å²) in [4.78, 5) is 4.55. The highest BCUT2D eigenvalue weighted by Gasteiger charge is 2.08. The zero-order valence-electron chi connectivity index (χ0n) is 12.0. The molecule has 2 heterocycles. The zero-order valence-corrected chi connectivity index (χ0v) is 12.0. The van der Waals surface area contributed by atoms with Gasteiger partial charge in [0.15, 0.2) is 11.6 Å². The van der Waals surface area contributed by atoms with Gasteiger partial charge in [0.2, 0.25) is 0 Å². The maximum atomic E-state index is 5.30. The molecule has 2 aromatic heterocycles. The number of nitrogens with one attached hydrogen (secondary N) is 1. The van der Waals surface area contributed by atoms with Crippen molar-refractivity contribution in [3.63, 3.8) is 0 Å². The van der Waals surface area contributed by atoms with Crippen molar-refractivity contribution in [3.8, 4) is 11.4 Å². The molecule has 0 atom stereocenters. The summed E-state index contributed by atoms with van der Waals surface area (Å²) in [6.45, 7) is 4.50. The Labute approximate surface area is 123 Å². The lowest BCUT2D eigenvalue weighted by molar-refractivity contribution is 0.517. The van der Waals surface area contributed by atoms with Crippen molar-refractivity contribution in [1.29, 1.82) is 0 Å². The van der Waals surface area contributed by atoms with E-state index in [-0.39, 0.29) is 0 Å². The third-order valence-corrected chi connectivity index (χ3v) is 3.18. The van der Waals surface area contributed by atoms with Gasteiger partial charge in [-0.15, -0.1) is 10.2 Å². The third kappa shape index (κ3) is 3.08. The van der Waals surface area contributed by atoms with Gasteiger partial charge in [-0.1, -0.05) is 29.8 Å². The maximum Gasteiger partial charge on any atom is 0.183 e. The van der Waals surface area contributed by atoms with Gasteiger partial charge >= 0.3 is 0 Å². The third-order valence-electron chi connectivity index (χ3n) is 3.18. The van der Waals surface area contributed by atoms with E-state index in [1.165, 1.54) is 5.56 Å². The zero-order chi connectivity index (χ0) is 14.7. The van der Waals surface area contributed by atoms with Crippen LogP contribution in [0.1, 0.15) is 17.0 Å². The van der Waals surface area contributed by atoms with Crippen molar-refractivity contribution in [2.45, 2.75) is 20.4 Å². The van der Waals surface area contributed by atoms with E-state index in [4.69, 9.17) is 4.42 Å². The molecule has 21 heavy (non-hydrogen) atoms. The van der Waals surface area contributed by atoms with E-state index in [9.17, 15) is 0 Å². The minimum atomic E-state index is 0.569. The quantitative estimate of drug-likeness (QED) is 0.794. The number of benzene rings is 1. The average Bonchev–Trinajstić information content (AvgIpc) is 3.01. The summed E-state index contributed by atoms with van der Waals surface area (Å²) in [7, 11) is 0. The fourth-order valence-electron chi connectivity index (χ4n) is 1.96. The molecule has 0 aliphatic heterocycles. The molecule has 0 unspecified atom stereocenters. The van der Waals surface area contributed by atoms with Gasteiger partial charge in [0.05, 0.1) is 12.8 Å². The van der Waals surface area contributed by atoms with E-state index in [1.807, 2.05) is 50.2 Å². The van der Waals surface area contributed by atoms with Crippen LogP contribution in [0.15, 0.2) is 47.1 Å². The molecule has 0 bridgehead atoms. The van der Waals surface area contributed by atoms with Crippen LogP contribution in [0.2, 0.25) is 0 Å². The van der Waals surface area contributed by atoms with Crippen LogP contribution in [0.5, 0.6) is 0 Å². The predicted molar refractivity (Wildman–Crippen MR) is 80.8 cm³/mol. The van der Waals surface area contributed by atoms with Crippen LogP contribution >= 0.6 is 0 Å². The first-order valence-electron chi connectivity index (χ1n) is 6.77.